The van der Waals surface area contributed by atoms with Gasteiger partial charge in [-0.3, -0.25) is 19.8 Å². The van der Waals surface area contributed by atoms with Crippen molar-refractivity contribution in [1.82, 2.24) is 20.4 Å². The van der Waals surface area contributed by atoms with E-state index in [0.717, 1.165) is 10.9 Å². The molecular weight excluding hydrogens is 396 g/mol. The van der Waals surface area contributed by atoms with E-state index in [-0.39, 0.29) is 5.91 Å². The van der Waals surface area contributed by atoms with Gasteiger partial charge in [0.1, 0.15) is 11.6 Å². The molecule has 4 amide bonds. The van der Waals surface area contributed by atoms with Crippen molar-refractivity contribution in [3.63, 3.8) is 0 Å². The molecule has 0 saturated carbocycles. The van der Waals surface area contributed by atoms with Crippen LogP contribution in [0.2, 0.25) is 0 Å². The number of carbonyl (C=O) groups is 3. The Hall–Kier alpha value is -3.65. The number of carbonyl (C=O) groups excluding carboxylic acids is 3. The Bertz CT molecular complexity index is 1050. The van der Waals surface area contributed by atoms with Gasteiger partial charge in [0, 0.05) is 38.6 Å². The Morgan fingerprint density at radius 2 is 1.61 bits per heavy atom. The molecule has 8 heteroatoms. The molecule has 1 aromatic heterocycles. The van der Waals surface area contributed by atoms with Gasteiger partial charge in [-0.25, -0.2) is 4.79 Å². The summed E-state index contributed by atoms with van der Waals surface area (Å²) in [6.45, 7) is 1.89. The van der Waals surface area contributed by atoms with Crippen molar-refractivity contribution in [2.75, 3.05) is 33.2 Å². The van der Waals surface area contributed by atoms with E-state index >= 15 is 0 Å². The lowest BCUT2D eigenvalue weighted by Crippen LogP contribution is -2.53. The van der Waals surface area contributed by atoms with Gasteiger partial charge in [-0.2, -0.15) is 0 Å². The normalized spacial score (nSPS) is 15.5. The quantitative estimate of drug-likeness (QED) is 0.676. The number of furan rings is 1. The van der Waals surface area contributed by atoms with Crippen molar-refractivity contribution in [3.8, 4) is 0 Å². The van der Waals surface area contributed by atoms with Gasteiger partial charge in [-0.1, -0.05) is 48.5 Å². The van der Waals surface area contributed by atoms with E-state index in [0.29, 0.717) is 37.5 Å². The average Bonchev–Trinajstić information content (AvgIpc) is 3.24. The Balaban J connectivity index is 1.47. The van der Waals surface area contributed by atoms with Gasteiger partial charge in [0.2, 0.25) is 5.91 Å². The molecule has 4 rings (SSSR count). The standard InChI is InChI=1S/C23H24N4O4/c1-24-23(30)25-21(28)20(16-7-3-2-4-8-16)26-11-13-27(14-12-26)22(29)19-15-17-9-5-6-10-18(17)31-19/h2-10,15,20H,11-14H2,1H3,(H2,24,25,28,30)/t20-/m1/s1. The van der Waals surface area contributed by atoms with Gasteiger partial charge in [0.15, 0.2) is 5.76 Å². The molecule has 0 unspecified atom stereocenters. The second kappa shape index (κ2) is 9.01. The zero-order chi connectivity index (χ0) is 21.8. The summed E-state index contributed by atoms with van der Waals surface area (Å²) < 4.78 is 5.71. The highest BCUT2D eigenvalue weighted by molar-refractivity contribution is 5.98. The molecular formula is C23H24N4O4. The Morgan fingerprint density at radius 1 is 0.935 bits per heavy atom. The van der Waals surface area contributed by atoms with E-state index in [9.17, 15) is 14.4 Å². The summed E-state index contributed by atoms with van der Waals surface area (Å²) in [5.74, 6) is -0.254. The van der Waals surface area contributed by atoms with Gasteiger partial charge in [0.05, 0.1) is 0 Å². The smallest absolute Gasteiger partial charge is 0.321 e. The fraction of sp³-hybridized carbons (Fsp3) is 0.261. The summed E-state index contributed by atoms with van der Waals surface area (Å²) in [6, 6.07) is 17.4. The molecule has 1 aliphatic heterocycles. The highest BCUT2D eigenvalue weighted by Gasteiger charge is 2.33. The number of hydrogen-bond donors (Lipinski definition) is 2. The molecule has 160 valence electrons. The lowest BCUT2D eigenvalue weighted by molar-refractivity contribution is -0.126. The molecule has 1 fully saturated rings. The van der Waals surface area contributed by atoms with Crippen molar-refractivity contribution >= 4 is 28.8 Å². The van der Waals surface area contributed by atoms with Gasteiger partial charge < -0.3 is 14.6 Å². The van der Waals surface area contributed by atoms with Crippen LogP contribution in [0.1, 0.15) is 22.2 Å². The van der Waals surface area contributed by atoms with E-state index in [4.69, 9.17) is 4.42 Å². The topological polar surface area (TPSA) is 94.9 Å². The van der Waals surface area contributed by atoms with Crippen molar-refractivity contribution in [3.05, 3.63) is 72.0 Å². The van der Waals surface area contributed by atoms with Crippen LogP contribution >= 0.6 is 0 Å². The predicted molar refractivity (Wildman–Crippen MR) is 115 cm³/mol. The van der Waals surface area contributed by atoms with Gasteiger partial charge in [0.25, 0.3) is 5.91 Å². The number of nitrogens with zero attached hydrogens (tertiary/aromatic N) is 2. The molecule has 0 spiro atoms. The Kier molecular flexibility index (Phi) is 5.99. The zero-order valence-corrected chi connectivity index (χ0v) is 17.2. The third kappa shape index (κ3) is 4.44. The lowest BCUT2D eigenvalue weighted by atomic mass is 10.0. The number of piperazine rings is 1. The molecule has 0 bridgehead atoms. The van der Waals surface area contributed by atoms with E-state index in [2.05, 4.69) is 10.6 Å². The summed E-state index contributed by atoms with van der Waals surface area (Å²) in [5, 5.41) is 5.67. The highest BCUT2D eigenvalue weighted by Crippen LogP contribution is 2.24. The molecule has 2 aromatic carbocycles. The molecule has 0 radical (unpaired) electrons. The van der Waals surface area contributed by atoms with E-state index in [1.54, 1.807) is 11.0 Å². The third-order valence-corrected chi connectivity index (χ3v) is 5.43. The van der Waals surface area contributed by atoms with E-state index < -0.39 is 18.0 Å². The monoisotopic (exact) mass is 420 g/mol. The maximum absolute atomic E-state index is 12.9. The second-order valence-corrected chi connectivity index (χ2v) is 7.36. The van der Waals surface area contributed by atoms with Crippen LogP contribution in [0.4, 0.5) is 4.79 Å². The summed E-state index contributed by atoms with van der Waals surface area (Å²) in [7, 11) is 1.46. The molecule has 2 heterocycles. The van der Waals surface area contributed by atoms with Gasteiger partial charge in [-0.05, 0) is 17.7 Å². The van der Waals surface area contributed by atoms with Crippen LogP contribution in [0, 0.1) is 0 Å². The van der Waals surface area contributed by atoms with E-state index in [1.807, 2.05) is 59.5 Å². The van der Waals surface area contributed by atoms with Gasteiger partial charge in [-0.15, -0.1) is 0 Å². The maximum atomic E-state index is 12.9. The first kappa shape index (κ1) is 20.6. The number of hydrogen-bond acceptors (Lipinski definition) is 5. The van der Waals surface area contributed by atoms with Crippen molar-refractivity contribution in [1.29, 1.82) is 0 Å². The number of urea groups is 1. The lowest BCUT2D eigenvalue weighted by Gasteiger charge is -2.38. The van der Waals surface area contributed by atoms with Crippen molar-refractivity contribution in [2.45, 2.75) is 6.04 Å². The first-order valence-electron chi connectivity index (χ1n) is 10.2. The SMILES string of the molecule is CNC(=O)NC(=O)[C@@H](c1ccccc1)N1CCN(C(=O)c2cc3ccccc3o2)CC1. The molecule has 1 aliphatic rings. The number of amides is 4. The van der Waals surface area contributed by atoms with E-state index in [1.165, 1.54) is 7.05 Å². The van der Waals surface area contributed by atoms with Crippen molar-refractivity contribution in [2.24, 2.45) is 0 Å². The fourth-order valence-corrected chi connectivity index (χ4v) is 3.83. The highest BCUT2D eigenvalue weighted by atomic mass is 16.3. The fourth-order valence-electron chi connectivity index (χ4n) is 3.83. The van der Waals surface area contributed by atoms with Crippen LogP contribution in [0.5, 0.6) is 0 Å². The number of fused-ring (bicyclic) bond motifs is 1. The molecule has 31 heavy (non-hydrogen) atoms. The van der Waals surface area contributed by atoms with Crippen LogP contribution in [0.15, 0.2) is 65.1 Å². The van der Waals surface area contributed by atoms with Crippen LogP contribution in [0.25, 0.3) is 11.0 Å². The minimum absolute atomic E-state index is 0.165. The van der Waals surface area contributed by atoms with Crippen LogP contribution in [0.3, 0.4) is 0 Å². The first-order chi connectivity index (χ1) is 15.1. The second-order valence-electron chi connectivity index (χ2n) is 7.36. The van der Waals surface area contributed by atoms with Crippen molar-refractivity contribution < 1.29 is 18.8 Å². The molecule has 2 N–H and O–H groups in total. The van der Waals surface area contributed by atoms with Crippen LogP contribution in [-0.4, -0.2) is 60.9 Å². The number of imide groups is 1. The van der Waals surface area contributed by atoms with Gasteiger partial charge >= 0.3 is 6.03 Å². The molecule has 0 aliphatic carbocycles. The number of para-hydroxylation sites is 1. The summed E-state index contributed by atoms with van der Waals surface area (Å²) in [6.07, 6.45) is 0. The van der Waals surface area contributed by atoms with Crippen LogP contribution in [-0.2, 0) is 4.79 Å². The predicted octanol–water partition coefficient (Wildman–Crippen LogP) is 2.39. The van der Waals surface area contributed by atoms with Crippen LogP contribution < -0.4 is 10.6 Å². The Morgan fingerprint density at radius 3 is 2.29 bits per heavy atom. The summed E-state index contributed by atoms with van der Waals surface area (Å²) >= 11 is 0. The molecule has 1 atom stereocenters. The third-order valence-electron chi connectivity index (χ3n) is 5.43. The number of benzene rings is 2. The minimum atomic E-state index is -0.623. The zero-order valence-electron chi connectivity index (χ0n) is 17.2. The number of rotatable bonds is 4. The average molecular weight is 420 g/mol. The number of nitrogens with one attached hydrogen (secondary N) is 2. The Labute approximate surface area is 179 Å². The first-order valence-corrected chi connectivity index (χ1v) is 10.2. The minimum Gasteiger partial charge on any atom is -0.451 e. The molecule has 1 saturated heterocycles. The maximum Gasteiger partial charge on any atom is 0.321 e. The largest absolute Gasteiger partial charge is 0.451 e. The molecule has 3 aromatic rings. The summed E-state index contributed by atoms with van der Waals surface area (Å²) in [4.78, 5) is 41.2. The molecule has 8 nitrogen and oxygen atoms in total. The summed E-state index contributed by atoms with van der Waals surface area (Å²) in [5.41, 5.74) is 1.47.